The monoisotopic (exact) mass is 191 g/mol. The summed E-state index contributed by atoms with van der Waals surface area (Å²) < 4.78 is 9.64. The lowest BCUT2D eigenvalue weighted by molar-refractivity contribution is 0.284. The summed E-state index contributed by atoms with van der Waals surface area (Å²) in [4.78, 5) is 3.81. The largest absolute Gasteiger partial charge is 0.481 e. The van der Waals surface area contributed by atoms with Crippen molar-refractivity contribution >= 4 is 6.21 Å². The van der Waals surface area contributed by atoms with Crippen LogP contribution in [0.4, 0.5) is 0 Å². The summed E-state index contributed by atoms with van der Waals surface area (Å²) in [7, 11) is 1.37. The molecule has 0 amide bonds. The van der Waals surface area contributed by atoms with Crippen molar-refractivity contribution in [1.29, 1.82) is 5.26 Å². The van der Waals surface area contributed by atoms with Gasteiger partial charge in [-0.15, -0.1) is 0 Å². The molecule has 2 N–H and O–H groups in total. The molecule has 72 valence electrons. The highest BCUT2D eigenvalue weighted by molar-refractivity contribution is 5.77. The number of methoxy groups -OCH3 is 1. The van der Waals surface area contributed by atoms with Gasteiger partial charge in [-0.05, 0) is 12.1 Å². The average molecular weight is 191 g/mol. The highest BCUT2D eigenvalue weighted by Crippen LogP contribution is 2.02. The van der Waals surface area contributed by atoms with Crippen LogP contribution in [0.15, 0.2) is 39.4 Å². The zero-order chi connectivity index (χ0) is 10.4. The van der Waals surface area contributed by atoms with Crippen molar-refractivity contribution < 1.29 is 9.15 Å². The Hall–Kier alpha value is -2.22. The van der Waals surface area contributed by atoms with Crippen LogP contribution in [0.1, 0.15) is 5.76 Å². The van der Waals surface area contributed by atoms with Crippen LogP contribution >= 0.6 is 0 Å². The molecular formula is C9H9N3O2. The van der Waals surface area contributed by atoms with Gasteiger partial charge >= 0.3 is 0 Å². The first-order valence-corrected chi connectivity index (χ1v) is 3.79. The zero-order valence-corrected chi connectivity index (χ0v) is 7.60. The summed E-state index contributed by atoms with van der Waals surface area (Å²) in [5, 5.41) is 8.64. The standard InChI is InChI=1S/C9H9N3O2/c1-13-9(11)8(5-10)12-6-7-3-2-4-14-7/h2-4,6H,11H2,1H3. The third kappa shape index (κ3) is 2.38. The summed E-state index contributed by atoms with van der Waals surface area (Å²) in [6.45, 7) is 0. The van der Waals surface area contributed by atoms with Gasteiger partial charge in [0.1, 0.15) is 11.8 Å². The minimum absolute atomic E-state index is 0.0175. The van der Waals surface area contributed by atoms with E-state index in [1.165, 1.54) is 19.6 Å². The SMILES string of the molecule is COC(N)=C(C#N)N=Cc1ccco1. The van der Waals surface area contributed by atoms with Gasteiger partial charge in [-0.1, -0.05) is 0 Å². The van der Waals surface area contributed by atoms with Crippen LogP contribution in [0.5, 0.6) is 0 Å². The maximum Gasteiger partial charge on any atom is 0.221 e. The van der Waals surface area contributed by atoms with Crippen LogP contribution in [0, 0.1) is 11.3 Å². The highest BCUT2D eigenvalue weighted by Gasteiger charge is 1.99. The minimum Gasteiger partial charge on any atom is -0.481 e. The Bertz CT molecular complexity index is 385. The molecule has 5 heteroatoms. The van der Waals surface area contributed by atoms with E-state index in [-0.39, 0.29) is 11.6 Å². The number of rotatable bonds is 3. The molecule has 0 radical (unpaired) electrons. The topological polar surface area (TPSA) is 84.5 Å². The molecule has 0 bridgehead atoms. The highest BCUT2D eigenvalue weighted by atomic mass is 16.5. The van der Waals surface area contributed by atoms with E-state index in [9.17, 15) is 0 Å². The molecule has 14 heavy (non-hydrogen) atoms. The lowest BCUT2D eigenvalue weighted by atomic mass is 10.4. The third-order valence-electron chi connectivity index (χ3n) is 1.42. The fourth-order valence-electron chi connectivity index (χ4n) is 0.737. The second-order valence-electron chi connectivity index (χ2n) is 2.30. The predicted molar refractivity (Wildman–Crippen MR) is 50.1 cm³/mol. The van der Waals surface area contributed by atoms with Crippen molar-refractivity contribution in [3.63, 3.8) is 0 Å². The van der Waals surface area contributed by atoms with E-state index in [1.807, 2.05) is 0 Å². The maximum absolute atomic E-state index is 8.64. The first kappa shape index (κ1) is 9.86. The van der Waals surface area contributed by atoms with Crippen LogP contribution in [-0.2, 0) is 4.74 Å². The molecule has 5 nitrogen and oxygen atoms in total. The van der Waals surface area contributed by atoms with Crippen LogP contribution in [0.2, 0.25) is 0 Å². The number of allylic oxidation sites excluding steroid dienone is 1. The van der Waals surface area contributed by atoms with Gasteiger partial charge in [0.05, 0.1) is 19.6 Å². The second kappa shape index (κ2) is 4.72. The quantitative estimate of drug-likeness (QED) is 0.438. The molecule has 1 heterocycles. The molecular weight excluding hydrogens is 182 g/mol. The van der Waals surface area contributed by atoms with E-state index in [1.54, 1.807) is 18.2 Å². The van der Waals surface area contributed by atoms with Crippen LogP contribution < -0.4 is 5.73 Å². The molecule has 1 rings (SSSR count). The molecule has 0 aliphatic rings. The van der Waals surface area contributed by atoms with Crippen molar-refractivity contribution in [1.82, 2.24) is 0 Å². The number of hydrogen-bond acceptors (Lipinski definition) is 5. The lowest BCUT2D eigenvalue weighted by Gasteiger charge is -1.97. The molecule has 0 spiro atoms. The van der Waals surface area contributed by atoms with Crippen molar-refractivity contribution in [2.45, 2.75) is 0 Å². The van der Waals surface area contributed by atoms with Gasteiger partial charge in [-0.2, -0.15) is 5.26 Å². The average Bonchev–Trinajstić information content (AvgIpc) is 2.71. The summed E-state index contributed by atoms with van der Waals surface area (Å²) in [6, 6.07) is 5.23. The number of aliphatic imine (C=N–C) groups is 1. The smallest absolute Gasteiger partial charge is 0.221 e. The number of nitriles is 1. The number of hydrogen-bond donors (Lipinski definition) is 1. The molecule has 0 saturated heterocycles. The van der Waals surface area contributed by atoms with Gasteiger partial charge in [-0.25, -0.2) is 4.99 Å². The maximum atomic E-state index is 8.64. The Morgan fingerprint density at radius 1 is 1.79 bits per heavy atom. The second-order valence-corrected chi connectivity index (χ2v) is 2.30. The minimum atomic E-state index is -0.0182. The van der Waals surface area contributed by atoms with Gasteiger partial charge in [0.15, 0.2) is 5.70 Å². The van der Waals surface area contributed by atoms with E-state index in [2.05, 4.69) is 9.73 Å². The first-order chi connectivity index (χ1) is 6.77. The number of nitrogens with two attached hydrogens (primary N) is 1. The van der Waals surface area contributed by atoms with Crippen molar-refractivity contribution in [2.75, 3.05) is 7.11 Å². The number of ether oxygens (including phenoxy) is 1. The Balaban J connectivity index is 2.82. The molecule has 0 atom stereocenters. The molecule has 0 unspecified atom stereocenters. The summed E-state index contributed by atoms with van der Waals surface area (Å²) in [5.74, 6) is 0.525. The molecule has 0 fully saturated rings. The zero-order valence-electron chi connectivity index (χ0n) is 7.60. The predicted octanol–water partition coefficient (Wildman–Crippen LogP) is 0.996. The normalized spacial score (nSPS) is 12.3. The molecule has 0 saturated carbocycles. The van der Waals surface area contributed by atoms with Gasteiger partial charge < -0.3 is 14.9 Å². The fourth-order valence-corrected chi connectivity index (χ4v) is 0.737. The molecule has 0 aliphatic carbocycles. The van der Waals surface area contributed by atoms with Gasteiger partial charge in [-0.3, -0.25) is 0 Å². The number of nitrogens with zero attached hydrogens (tertiary/aromatic N) is 2. The Morgan fingerprint density at radius 2 is 2.57 bits per heavy atom. The van der Waals surface area contributed by atoms with Gasteiger partial charge in [0.25, 0.3) is 0 Å². The van der Waals surface area contributed by atoms with Crippen LogP contribution in [0.3, 0.4) is 0 Å². The van der Waals surface area contributed by atoms with E-state index < -0.39 is 0 Å². The van der Waals surface area contributed by atoms with Crippen LogP contribution in [0.25, 0.3) is 0 Å². The summed E-state index contributed by atoms with van der Waals surface area (Å²) in [6.07, 6.45) is 2.90. The molecule has 1 aromatic heterocycles. The Labute approximate surface area is 81.1 Å². The lowest BCUT2D eigenvalue weighted by Crippen LogP contribution is -2.02. The molecule has 1 aromatic rings. The number of furan rings is 1. The van der Waals surface area contributed by atoms with E-state index >= 15 is 0 Å². The van der Waals surface area contributed by atoms with Gasteiger partial charge in [0.2, 0.25) is 5.88 Å². The Morgan fingerprint density at radius 3 is 3.07 bits per heavy atom. The Kier molecular flexibility index (Phi) is 3.33. The van der Waals surface area contributed by atoms with Crippen LogP contribution in [-0.4, -0.2) is 13.3 Å². The summed E-state index contributed by atoms with van der Waals surface area (Å²) in [5.41, 5.74) is 5.38. The van der Waals surface area contributed by atoms with Gasteiger partial charge in [0, 0.05) is 0 Å². The fraction of sp³-hybridized carbons (Fsp3) is 0.111. The van der Waals surface area contributed by atoms with Crippen molar-refractivity contribution in [3.05, 3.63) is 35.7 Å². The van der Waals surface area contributed by atoms with E-state index in [0.717, 1.165) is 0 Å². The van der Waals surface area contributed by atoms with E-state index in [0.29, 0.717) is 5.76 Å². The summed E-state index contributed by atoms with van der Waals surface area (Å²) >= 11 is 0. The molecule has 0 aromatic carbocycles. The molecule has 0 aliphatic heterocycles. The van der Waals surface area contributed by atoms with Crippen molar-refractivity contribution in [3.8, 4) is 6.07 Å². The first-order valence-electron chi connectivity index (χ1n) is 3.79. The van der Waals surface area contributed by atoms with Crippen molar-refractivity contribution in [2.24, 2.45) is 10.7 Å². The van der Waals surface area contributed by atoms with E-state index in [4.69, 9.17) is 15.4 Å². The third-order valence-corrected chi connectivity index (χ3v) is 1.42.